The maximum atomic E-state index is 12.4. The van der Waals surface area contributed by atoms with E-state index >= 15 is 0 Å². The van der Waals surface area contributed by atoms with Gasteiger partial charge in [0.05, 0.1) is 12.7 Å². The van der Waals surface area contributed by atoms with E-state index in [1.807, 2.05) is 47.6 Å². The summed E-state index contributed by atoms with van der Waals surface area (Å²) in [4.78, 5) is 22.4. The quantitative estimate of drug-likeness (QED) is 0.869. The second-order valence-electron chi connectivity index (χ2n) is 6.62. The van der Waals surface area contributed by atoms with Gasteiger partial charge in [0.2, 0.25) is 0 Å². The van der Waals surface area contributed by atoms with Gasteiger partial charge in [-0.2, -0.15) is 0 Å². The van der Waals surface area contributed by atoms with Gasteiger partial charge in [-0.15, -0.1) is 0 Å². The lowest BCUT2D eigenvalue weighted by atomic mass is 9.77. The monoisotopic (exact) mass is 309 g/mol. The molecule has 2 fully saturated rings. The van der Waals surface area contributed by atoms with Gasteiger partial charge in [0.15, 0.2) is 0 Å². The highest BCUT2D eigenvalue weighted by Gasteiger charge is 2.50. The Hall–Kier alpha value is -2.27. The van der Waals surface area contributed by atoms with Crippen LogP contribution in [-0.4, -0.2) is 46.6 Å². The van der Waals surface area contributed by atoms with E-state index in [4.69, 9.17) is 4.74 Å². The number of rotatable bonds is 3. The van der Waals surface area contributed by atoms with Crippen LogP contribution >= 0.6 is 0 Å². The number of hydrogen-bond acceptors (Lipinski definition) is 4. The van der Waals surface area contributed by atoms with E-state index in [0.717, 1.165) is 43.7 Å². The second-order valence-corrected chi connectivity index (χ2v) is 6.62. The molecule has 2 aliphatic rings. The first kappa shape index (κ1) is 14.3. The molecule has 5 nitrogen and oxygen atoms in total. The first-order valence-corrected chi connectivity index (χ1v) is 7.94. The lowest BCUT2D eigenvalue weighted by Gasteiger charge is -2.47. The van der Waals surface area contributed by atoms with Gasteiger partial charge in [0.1, 0.15) is 6.33 Å². The average Bonchev–Trinajstić information content (AvgIpc) is 2.99. The van der Waals surface area contributed by atoms with Crippen LogP contribution in [0.25, 0.3) is 0 Å². The first-order chi connectivity index (χ1) is 11.2. The predicted octanol–water partition coefficient (Wildman–Crippen LogP) is 1.95. The van der Waals surface area contributed by atoms with Gasteiger partial charge in [-0.25, -0.2) is 9.97 Å². The number of nitrogens with zero attached hydrogens (tertiary/aromatic N) is 3. The third kappa shape index (κ3) is 2.84. The zero-order valence-corrected chi connectivity index (χ0v) is 12.9. The molecule has 23 heavy (non-hydrogen) atoms. The summed E-state index contributed by atoms with van der Waals surface area (Å²) in [6, 6.07) is 9.48. The topological polar surface area (TPSA) is 55.3 Å². The van der Waals surface area contributed by atoms with E-state index in [1.54, 1.807) is 6.33 Å². The van der Waals surface area contributed by atoms with E-state index in [2.05, 4.69) is 9.97 Å². The van der Waals surface area contributed by atoms with Crippen molar-refractivity contribution in [2.45, 2.75) is 18.9 Å². The molecule has 0 saturated carbocycles. The molecule has 1 aromatic carbocycles. The fourth-order valence-electron chi connectivity index (χ4n) is 3.62. The molecule has 0 aliphatic carbocycles. The van der Waals surface area contributed by atoms with Gasteiger partial charge < -0.3 is 9.64 Å². The van der Waals surface area contributed by atoms with Gasteiger partial charge in [0, 0.05) is 42.9 Å². The smallest absolute Gasteiger partial charge is 0.253 e. The van der Waals surface area contributed by atoms with Crippen LogP contribution in [0.15, 0.2) is 49.1 Å². The molecule has 3 heterocycles. The lowest BCUT2D eigenvalue weighted by molar-refractivity contribution is -0.00134. The average molecular weight is 309 g/mol. The normalized spacial score (nSPS) is 22.1. The Morgan fingerprint density at radius 1 is 1.22 bits per heavy atom. The van der Waals surface area contributed by atoms with Crippen molar-refractivity contribution in [1.29, 1.82) is 0 Å². The molecule has 2 saturated heterocycles. The Morgan fingerprint density at radius 2 is 1.96 bits per heavy atom. The van der Waals surface area contributed by atoms with Crippen LogP contribution in [0, 0.1) is 5.41 Å². The van der Waals surface area contributed by atoms with E-state index < -0.39 is 0 Å². The van der Waals surface area contributed by atoms with Gasteiger partial charge in [-0.05, 0) is 24.1 Å². The summed E-state index contributed by atoms with van der Waals surface area (Å²) >= 11 is 0. The minimum absolute atomic E-state index is 0.121. The Bertz CT molecular complexity index is 684. The van der Waals surface area contributed by atoms with E-state index in [9.17, 15) is 4.79 Å². The van der Waals surface area contributed by atoms with Crippen molar-refractivity contribution in [2.24, 2.45) is 5.41 Å². The Labute approximate surface area is 135 Å². The highest BCUT2D eigenvalue weighted by molar-refractivity contribution is 5.94. The molecule has 1 unspecified atom stereocenters. The van der Waals surface area contributed by atoms with Crippen molar-refractivity contribution in [3.8, 4) is 0 Å². The zero-order chi connectivity index (χ0) is 15.7. The molecule has 0 bridgehead atoms. The molecule has 1 aromatic heterocycles. The van der Waals surface area contributed by atoms with Gasteiger partial charge in [-0.3, -0.25) is 4.79 Å². The number of benzene rings is 1. The third-order valence-electron chi connectivity index (χ3n) is 4.72. The summed E-state index contributed by atoms with van der Waals surface area (Å²) in [5, 5.41) is 0. The van der Waals surface area contributed by atoms with Crippen LogP contribution in [0.3, 0.4) is 0 Å². The van der Waals surface area contributed by atoms with Crippen LogP contribution in [0.2, 0.25) is 0 Å². The molecular formula is C18H19N3O2. The maximum Gasteiger partial charge on any atom is 0.253 e. The molecule has 1 amide bonds. The summed E-state index contributed by atoms with van der Waals surface area (Å²) in [6.07, 6.45) is 7.27. The predicted molar refractivity (Wildman–Crippen MR) is 84.9 cm³/mol. The maximum absolute atomic E-state index is 12.4. The SMILES string of the molecule is O=C(c1ccccc1)N1CC2(COC(Cc3cncnc3)C2)C1. The highest BCUT2D eigenvalue weighted by atomic mass is 16.5. The standard InChI is InChI=1S/C18H19N3O2/c22-17(15-4-2-1-3-5-15)21-10-18(11-21)7-16(23-12-18)6-14-8-19-13-20-9-14/h1-5,8-9,13,16H,6-7,10-12H2. The molecule has 1 atom stereocenters. The molecule has 2 aliphatic heterocycles. The molecule has 0 radical (unpaired) electrons. The molecule has 5 heteroatoms. The Balaban J connectivity index is 1.34. The van der Waals surface area contributed by atoms with Gasteiger partial charge >= 0.3 is 0 Å². The van der Waals surface area contributed by atoms with E-state index in [0.29, 0.717) is 0 Å². The number of amides is 1. The van der Waals surface area contributed by atoms with E-state index in [1.165, 1.54) is 0 Å². The van der Waals surface area contributed by atoms with Crippen molar-refractivity contribution < 1.29 is 9.53 Å². The minimum Gasteiger partial charge on any atom is -0.377 e. The van der Waals surface area contributed by atoms with Crippen LogP contribution in [-0.2, 0) is 11.2 Å². The van der Waals surface area contributed by atoms with E-state index in [-0.39, 0.29) is 17.4 Å². The van der Waals surface area contributed by atoms with Crippen LogP contribution < -0.4 is 0 Å². The number of likely N-dealkylation sites (tertiary alicyclic amines) is 1. The van der Waals surface area contributed by atoms with Crippen molar-refractivity contribution in [3.63, 3.8) is 0 Å². The number of carbonyl (C=O) groups is 1. The van der Waals surface area contributed by atoms with Crippen LogP contribution in [0.5, 0.6) is 0 Å². The van der Waals surface area contributed by atoms with Crippen molar-refractivity contribution in [3.05, 3.63) is 60.2 Å². The summed E-state index contributed by atoms with van der Waals surface area (Å²) in [5.41, 5.74) is 2.01. The summed E-state index contributed by atoms with van der Waals surface area (Å²) in [5.74, 6) is 0.121. The largest absolute Gasteiger partial charge is 0.377 e. The Morgan fingerprint density at radius 3 is 2.70 bits per heavy atom. The Kier molecular flexibility index (Phi) is 3.58. The number of hydrogen-bond donors (Lipinski definition) is 0. The fourth-order valence-corrected chi connectivity index (χ4v) is 3.62. The second kappa shape index (κ2) is 5.74. The highest BCUT2D eigenvalue weighted by Crippen LogP contribution is 2.42. The third-order valence-corrected chi connectivity index (χ3v) is 4.72. The molecule has 1 spiro atoms. The summed E-state index contributed by atoms with van der Waals surface area (Å²) < 4.78 is 5.95. The molecular weight excluding hydrogens is 290 g/mol. The molecule has 0 N–H and O–H groups in total. The zero-order valence-electron chi connectivity index (χ0n) is 12.9. The van der Waals surface area contributed by atoms with Gasteiger partial charge in [0.25, 0.3) is 5.91 Å². The lowest BCUT2D eigenvalue weighted by Crippen LogP contribution is -2.58. The minimum atomic E-state index is 0.121. The summed E-state index contributed by atoms with van der Waals surface area (Å²) in [7, 11) is 0. The van der Waals surface area contributed by atoms with Gasteiger partial charge in [-0.1, -0.05) is 18.2 Å². The van der Waals surface area contributed by atoms with Crippen molar-refractivity contribution >= 4 is 5.91 Å². The molecule has 4 rings (SSSR count). The number of carbonyl (C=O) groups excluding carboxylic acids is 1. The van der Waals surface area contributed by atoms with Crippen LogP contribution in [0.1, 0.15) is 22.3 Å². The number of aromatic nitrogens is 2. The fraction of sp³-hybridized carbons (Fsp3) is 0.389. The number of ether oxygens (including phenoxy) is 1. The first-order valence-electron chi connectivity index (χ1n) is 7.94. The van der Waals surface area contributed by atoms with Crippen molar-refractivity contribution in [1.82, 2.24) is 14.9 Å². The molecule has 118 valence electrons. The van der Waals surface area contributed by atoms with Crippen LogP contribution in [0.4, 0.5) is 0 Å². The summed E-state index contributed by atoms with van der Waals surface area (Å²) in [6.45, 7) is 2.33. The van der Waals surface area contributed by atoms with Crippen molar-refractivity contribution in [2.75, 3.05) is 19.7 Å². The molecule has 2 aromatic rings.